The monoisotopic (exact) mass is 287 g/mol. The van der Waals surface area contributed by atoms with Gasteiger partial charge in [-0.1, -0.05) is 0 Å². The Balaban J connectivity index is 1.84. The van der Waals surface area contributed by atoms with Gasteiger partial charge in [-0.05, 0) is 38.0 Å². The van der Waals surface area contributed by atoms with Crippen LogP contribution in [0.15, 0.2) is 30.5 Å². The minimum absolute atomic E-state index is 0.0875. The number of benzene rings is 1. The topological polar surface area (TPSA) is 77.3 Å². The number of fused-ring (bicyclic) bond motifs is 1. The number of anilines is 1. The van der Waals surface area contributed by atoms with E-state index in [0.29, 0.717) is 23.0 Å². The van der Waals surface area contributed by atoms with Crippen molar-refractivity contribution in [2.75, 3.05) is 11.9 Å². The number of nitro benzene ring substituents is 1. The van der Waals surface area contributed by atoms with Crippen LogP contribution in [0.5, 0.6) is 0 Å². The summed E-state index contributed by atoms with van der Waals surface area (Å²) < 4.78 is 5.54. The fourth-order valence-corrected chi connectivity index (χ4v) is 2.71. The van der Waals surface area contributed by atoms with Crippen LogP contribution in [0, 0.1) is 10.1 Å². The van der Waals surface area contributed by atoms with Crippen molar-refractivity contribution in [3.05, 3.63) is 40.6 Å². The Bertz CT molecular complexity index is 668. The van der Waals surface area contributed by atoms with Crippen molar-refractivity contribution >= 4 is 22.3 Å². The molecule has 6 nitrogen and oxygen atoms in total. The largest absolute Gasteiger partial charge is 0.380 e. The smallest absolute Gasteiger partial charge is 0.278 e. The van der Waals surface area contributed by atoms with Crippen molar-refractivity contribution in [3.63, 3.8) is 0 Å². The number of nitrogens with one attached hydrogen (secondary N) is 1. The molecule has 1 aromatic carbocycles. The lowest BCUT2D eigenvalue weighted by Crippen LogP contribution is -2.40. The summed E-state index contributed by atoms with van der Waals surface area (Å²) in [5.41, 5.74) is 1.58. The predicted octanol–water partition coefficient (Wildman–Crippen LogP) is 3.12. The molecule has 6 heteroatoms. The molecule has 3 rings (SSSR count). The van der Waals surface area contributed by atoms with Gasteiger partial charge in [-0.2, -0.15) is 0 Å². The summed E-state index contributed by atoms with van der Waals surface area (Å²) in [6.07, 6.45) is 3.89. The molecule has 0 unspecified atom stereocenters. The highest BCUT2D eigenvalue weighted by molar-refractivity contribution is 5.96. The van der Waals surface area contributed by atoms with Gasteiger partial charge >= 0.3 is 0 Å². The van der Waals surface area contributed by atoms with E-state index in [2.05, 4.69) is 10.3 Å². The van der Waals surface area contributed by atoms with E-state index < -0.39 is 0 Å². The van der Waals surface area contributed by atoms with Gasteiger partial charge in [0.1, 0.15) is 5.52 Å². The molecule has 0 saturated heterocycles. The van der Waals surface area contributed by atoms with Gasteiger partial charge < -0.3 is 10.1 Å². The second-order valence-corrected chi connectivity index (χ2v) is 5.18. The highest BCUT2D eigenvalue weighted by Crippen LogP contribution is 2.33. The van der Waals surface area contributed by atoms with E-state index in [9.17, 15) is 10.1 Å². The number of non-ortho nitro benzene ring substituents is 1. The van der Waals surface area contributed by atoms with Crippen LogP contribution < -0.4 is 5.32 Å². The molecule has 1 N–H and O–H groups in total. The van der Waals surface area contributed by atoms with Gasteiger partial charge in [0.2, 0.25) is 0 Å². The maximum Gasteiger partial charge on any atom is 0.278 e. The predicted molar refractivity (Wildman–Crippen MR) is 80.5 cm³/mol. The first kappa shape index (κ1) is 13.8. The lowest BCUT2D eigenvalue weighted by atomic mass is 9.89. The molecule has 1 heterocycles. The van der Waals surface area contributed by atoms with Crippen molar-refractivity contribution in [1.82, 2.24) is 4.98 Å². The van der Waals surface area contributed by atoms with Crippen molar-refractivity contribution in [2.45, 2.75) is 31.9 Å². The van der Waals surface area contributed by atoms with Crippen molar-refractivity contribution in [1.29, 1.82) is 0 Å². The lowest BCUT2D eigenvalue weighted by Gasteiger charge is -2.36. The zero-order chi connectivity index (χ0) is 14.8. The Labute approximate surface area is 122 Å². The lowest BCUT2D eigenvalue weighted by molar-refractivity contribution is -0.383. The molecular formula is C15H17N3O3. The fourth-order valence-electron chi connectivity index (χ4n) is 2.71. The zero-order valence-electron chi connectivity index (χ0n) is 11.8. The molecule has 0 aliphatic heterocycles. The van der Waals surface area contributed by atoms with E-state index in [4.69, 9.17) is 4.74 Å². The van der Waals surface area contributed by atoms with E-state index in [1.807, 2.05) is 6.92 Å². The number of pyridine rings is 1. The van der Waals surface area contributed by atoms with E-state index in [0.717, 1.165) is 25.1 Å². The summed E-state index contributed by atoms with van der Waals surface area (Å²) in [5.74, 6) is 0. The summed E-state index contributed by atoms with van der Waals surface area (Å²) in [6, 6.07) is 7.06. The van der Waals surface area contributed by atoms with Gasteiger partial charge in [0.25, 0.3) is 5.69 Å². The SMILES string of the molecule is CCOC1CC(Nc2ccc([N+](=O)[O-])c3cccnc23)C1. The third kappa shape index (κ3) is 2.67. The highest BCUT2D eigenvalue weighted by Gasteiger charge is 2.30. The number of hydrogen-bond acceptors (Lipinski definition) is 5. The number of nitrogens with zero attached hydrogens (tertiary/aromatic N) is 2. The Morgan fingerprint density at radius 1 is 1.43 bits per heavy atom. The molecule has 110 valence electrons. The minimum Gasteiger partial charge on any atom is -0.380 e. The first-order chi connectivity index (χ1) is 10.2. The Kier molecular flexibility index (Phi) is 3.70. The van der Waals surface area contributed by atoms with Gasteiger partial charge in [0.15, 0.2) is 0 Å². The zero-order valence-corrected chi connectivity index (χ0v) is 11.8. The summed E-state index contributed by atoms with van der Waals surface area (Å²) in [7, 11) is 0. The molecule has 1 aromatic heterocycles. The Morgan fingerprint density at radius 2 is 2.24 bits per heavy atom. The standard InChI is InChI=1S/C15H17N3O3/c1-2-21-11-8-10(9-11)17-13-5-6-14(18(19)20)12-4-3-7-16-15(12)13/h3-7,10-11,17H,2,8-9H2,1H3. The van der Waals surface area contributed by atoms with Crippen LogP contribution in [-0.4, -0.2) is 28.7 Å². The molecule has 1 saturated carbocycles. The second kappa shape index (κ2) is 5.65. The van der Waals surface area contributed by atoms with Gasteiger partial charge in [0.05, 0.1) is 22.1 Å². The number of nitro groups is 1. The van der Waals surface area contributed by atoms with Crippen molar-refractivity contribution in [3.8, 4) is 0 Å². The summed E-state index contributed by atoms with van der Waals surface area (Å²) in [4.78, 5) is 15.0. The third-order valence-electron chi connectivity index (χ3n) is 3.80. The molecule has 0 bridgehead atoms. The van der Waals surface area contributed by atoms with E-state index in [1.165, 1.54) is 6.07 Å². The van der Waals surface area contributed by atoms with Gasteiger partial charge in [-0.25, -0.2) is 0 Å². The first-order valence-electron chi connectivity index (χ1n) is 7.09. The van der Waals surface area contributed by atoms with E-state index in [1.54, 1.807) is 24.4 Å². The number of aromatic nitrogens is 1. The minimum atomic E-state index is -0.373. The van der Waals surface area contributed by atoms with Crippen LogP contribution in [0.25, 0.3) is 10.9 Å². The van der Waals surface area contributed by atoms with Gasteiger partial charge in [0, 0.05) is 24.9 Å². The molecule has 0 radical (unpaired) electrons. The van der Waals surface area contributed by atoms with E-state index >= 15 is 0 Å². The van der Waals surface area contributed by atoms with Crippen LogP contribution >= 0.6 is 0 Å². The van der Waals surface area contributed by atoms with Crippen molar-refractivity contribution in [2.24, 2.45) is 0 Å². The summed E-state index contributed by atoms with van der Waals surface area (Å²) in [5, 5.41) is 15.0. The number of ether oxygens (including phenoxy) is 1. The van der Waals surface area contributed by atoms with Gasteiger partial charge in [-0.15, -0.1) is 0 Å². The average molecular weight is 287 g/mol. The molecule has 2 aromatic rings. The molecule has 0 amide bonds. The molecule has 1 aliphatic rings. The third-order valence-corrected chi connectivity index (χ3v) is 3.80. The van der Waals surface area contributed by atoms with Crippen LogP contribution in [0.4, 0.5) is 11.4 Å². The first-order valence-corrected chi connectivity index (χ1v) is 7.09. The maximum absolute atomic E-state index is 11.1. The second-order valence-electron chi connectivity index (χ2n) is 5.18. The average Bonchev–Trinajstić information content (AvgIpc) is 2.45. The highest BCUT2D eigenvalue weighted by atomic mass is 16.6. The molecule has 1 fully saturated rings. The molecular weight excluding hydrogens is 270 g/mol. The van der Waals surface area contributed by atoms with Crippen LogP contribution in [0.3, 0.4) is 0 Å². The fraction of sp³-hybridized carbons (Fsp3) is 0.400. The van der Waals surface area contributed by atoms with Crippen molar-refractivity contribution < 1.29 is 9.66 Å². The molecule has 21 heavy (non-hydrogen) atoms. The summed E-state index contributed by atoms with van der Waals surface area (Å²) in [6.45, 7) is 2.73. The quantitative estimate of drug-likeness (QED) is 0.675. The normalized spacial score (nSPS) is 21.0. The van der Waals surface area contributed by atoms with Crippen LogP contribution in [0.1, 0.15) is 19.8 Å². The molecule has 1 aliphatic carbocycles. The van der Waals surface area contributed by atoms with Crippen LogP contribution in [0.2, 0.25) is 0 Å². The molecule has 0 atom stereocenters. The molecule has 0 spiro atoms. The summed E-state index contributed by atoms with van der Waals surface area (Å²) >= 11 is 0. The number of rotatable bonds is 5. The Hall–Kier alpha value is -2.21. The maximum atomic E-state index is 11.1. The number of hydrogen-bond donors (Lipinski definition) is 1. The van der Waals surface area contributed by atoms with Crippen LogP contribution in [-0.2, 0) is 4.74 Å². The van der Waals surface area contributed by atoms with Gasteiger partial charge in [-0.3, -0.25) is 15.1 Å². The Morgan fingerprint density at radius 3 is 2.95 bits per heavy atom. The van der Waals surface area contributed by atoms with E-state index in [-0.39, 0.29) is 10.6 Å².